The molecule has 0 rings (SSSR count). The Morgan fingerprint density at radius 2 is 1.82 bits per heavy atom. The molecule has 4 N–H and O–H groups in total. The van der Waals surface area contributed by atoms with Crippen molar-refractivity contribution in [2.75, 3.05) is 12.3 Å². The van der Waals surface area contributed by atoms with Crippen LogP contribution in [-0.4, -0.2) is 37.7 Å². The van der Waals surface area contributed by atoms with Crippen molar-refractivity contribution < 1.29 is 23.1 Å². The number of sulfonamides is 1. The van der Waals surface area contributed by atoms with Crippen LogP contribution in [0.3, 0.4) is 0 Å². The molecule has 0 spiro atoms. The van der Waals surface area contributed by atoms with Gasteiger partial charge in [-0.15, -0.1) is 0 Å². The third-order valence-corrected chi connectivity index (χ3v) is 3.32. The lowest BCUT2D eigenvalue weighted by Gasteiger charge is -2.15. The van der Waals surface area contributed by atoms with Crippen LogP contribution in [0.15, 0.2) is 0 Å². The molecule has 0 aromatic rings. The number of carbonyl (C=O) groups is 2. The zero-order valence-electron chi connectivity index (χ0n) is 9.84. The molecule has 100 valence electrons. The monoisotopic (exact) mass is 266 g/mol. The number of carboxylic acid groups (broad SMARTS) is 1. The Morgan fingerprint density at radius 3 is 2.24 bits per heavy atom. The fourth-order valence-electron chi connectivity index (χ4n) is 1.09. The molecule has 0 heterocycles. The fraction of sp³-hybridized carbons (Fsp3) is 0.778. The van der Waals surface area contributed by atoms with Gasteiger partial charge in [0, 0.05) is 12.5 Å². The largest absolute Gasteiger partial charge is 0.481 e. The number of carbonyl (C=O) groups excluding carboxylic acids is 1. The van der Waals surface area contributed by atoms with Gasteiger partial charge in [-0.3, -0.25) is 9.59 Å². The van der Waals surface area contributed by atoms with Gasteiger partial charge in [0.1, 0.15) is 0 Å². The van der Waals surface area contributed by atoms with E-state index in [1.54, 1.807) is 0 Å². The van der Waals surface area contributed by atoms with Crippen molar-refractivity contribution in [1.29, 1.82) is 0 Å². The second-order valence-corrected chi connectivity index (χ2v) is 5.66. The van der Waals surface area contributed by atoms with E-state index in [1.165, 1.54) is 13.8 Å². The summed E-state index contributed by atoms with van der Waals surface area (Å²) in [6.45, 7) is 3.11. The number of hydrogen-bond acceptors (Lipinski definition) is 4. The van der Waals surface area contributed by atoms with E-state index >= 15 is 0 Å². The average Bonchev–Trinajstić information content (AvgIpc) is 2.20. The summed E-state index contributed by atoms with van der Waals surface area (Å²) in [5.74, 6) is -3.11. The maximum atomic E-state index is 11.5. The first-order valence-electron chi connectivity index (χ1n) is 5.16. The zero-order valence-corrected chi connectivity index (χ0v) is 10.7. The first-order valence-corrected chi connectivity index (χ1v) is 6.87. The summed E-state index contributed by atoms with van der Waals surface area (Å²) in [6.07, 6.45) is 0.207. The maximum absolute atomic E-state index is 11.5. The summed E-state index contributed by atoms with van der Waals surface area (Å²) in [5.41, 5.74) is 0. The normalized spacial score (nSPS) is 15.0. The van der Waals surface area contributed by atoms with Gasteiger partial charge in [0.2, 0.25) is 15.9 Å². The highest BCUT2D eigenvalue weighted by molar-refractivity contribution is 7.89. The van der Waals surface area contributed by atoms with Crippen LogP contribution in [0.1, 0.15) is 20.3 Å². The van der Waals surface area contributed by atoms with E-state index in [0.29, 0.717) is 0 Å². The lowest BCUT2D eigenvalue weighted by molar-refractivity contribution is -0.146. The number of rotatable bonds is 7. The summed E-state index contributed by atoms with van der Waals surface area (Å²) in [5, 5.41) is 16.0. The van der Waals surface area contributed by atoms with Crippen molar-refractivity contribution in [2.24, 2.45) is 17.0 Å². The molecule has 0 saturated heterocycles. The van der Waals surface area contributed by atoms with Gasteiger partial charge in [-0.05, 0) is 6.42 Å². The molecule has 8 heteroatoms. The van der Waals surface area contributed by atoms with E-state index in [2.05, 4.69) is 5.32 Å². The second-order valence-electron chi connectivity index (χ2n) is 3.93. The summed E-state index contributed by atoms with van der Waals surface area (Å²) in [7, 11) is -3.52. The number of primary sulfonamides is 1. The molecule has 0 aliphatic heterocycles. The van der Waals surface area contributed by atoms with Gasteiger partial charge in [-0.1, -0.05) is 13.8 Å². The molecule has 0 aromatic carbocycles. The molecule has 0 radical (unpaired) electrons. The second kappa shape index (κ2) is 6.55. The fourth-order valence-corrected chi connectivity index (χ4v) is 1.63. The van der Waals surface area contributed by atoms with E-state index in [0.717, 1.165) is 0 Å². The Labute approximate surface area is 100 Å². The first kappa shape index (κ1) is 15.9. The predicted octanol–water partition coefficient (Wildman–Crippen LogP) is -0.862. The molecule has 0 aliphatic rings. The van der Waals surface area contributed by atoms with Gasteiger partial charge < -0.3 is 10.4 Å². The smallest absolute Gasteiger partial charge is 0.307 e. The molecular weight excluding hydrogens is 248 g/mol. The molecule has 0 fully saturated rings. The number of amides is 1. The van der Waals surface area contributed by atoms with E-state index < -0.39 is 33.7 Å². The van der Waals surface area contributed by atoms with Crippen LogP contribution < -0.4 is 10.5 Å². The highest BCUT2D eigenvalue weighted by Gasteiger charge is 2.25. The molecule has 1 amide bonds. The van der Waals surface area contributed by atoms with Crippen molar-refractivity contribution in [3.8, 4) is 0 Å². The van der Waals surface area contributed by atoms with E-state index in [1.807, 2.05) is 0 Å². The van der Waals surface area contributed by atoms with Gasteiger partial charge in [-0.2, -0.15) is 0 Å². The topological polar surface area (TPSA) is 127 Å². The molecule has 0 saturated carbocycles. The minimum absolute atomic E-state index is 0.159. The number of aliphatic carboxylic acids is 1. The van der Waals surface area contributed by atoms with Crippen LogP contribution in [0.5, 0.6) is 0 Å². The van der Waals surface area contributed by atoms with Gasteiger partial charge in [0.25, 0.3) is 0 Å². The SMILES string of the molecule is CC(C(=O)O)C(C)C(=O)NCCCS(N)(=O)=O. The minimum atomic E-state index is -3.52. The highest BCUT2D eigenvalue weighted by atomic mass is 32.2. The van der Waals surface area contributed by atoms with Crippen LogP contribution in [-0.2, 0) is 19.6 Å². The Kier molecular flexibility index (Phi) is 6.11. The predicted molar refractivity (Wildman–Crippen MR) is 61.6 cm³/mol. The number of carboxylic acids is 1. The molecule has 0 aromatic heterocycles. The van der Waals surface area contributed by atoms with Crippen LogP contribution in [0.25, 0.3) is 0 Å². The summed E-state index contributed by atoms with van der Waals surface area (Å²) < 4.78 is 21.2. The van der Waals surface area contributed by atoms with E-state index in [9.17, 15) is 18.0 Å². The Balaban J connectivity index is 3.99. The van der Waals surface area contributed by atoms with Crippen LogP contribution >= 0.6 is 0 Å². The molecular formula is C9H18N2O5S. The zero-order chi connectivity index (χ0) is 13.6. The maximum Gasteiger partial charge on any atom is 0.307 e. The standard InChI is InChI=1S/C9H18N2O5S/c1-6(7(2)9(13)14)8(12)11-4-3-5-17(10,15)16/h6-7H,3-5H2,1-2H3,(H,11,12)(H,13,14)(H2,10,15,16). The third kappa shape index (κ3) is 6.90. The molecule has 2 atom stereocenters. The third-order valence-electron chi connectivity index (χ3n) is 2.46. The van der Waals surface area contributed by atoms with Gasteiger partial charge in [0.15, 0.2) is 0 Å². The molecule has 17 heavy (non-hydrogen) atoms. The number of nitrogens with one attached hydrogen (secondary N) is 1. The van der Waals surface area contributed by atoms with Crippen molar-refractivity contribution in [2.45, 2.75) is 20.3 Å². The van der Waals surface area contributed by atoms with Crippen molar-refractivity contribution in [3.63, 3.8) is 0 Å². The van der Waals surface area contributed by atoms with Gasteiger partial charge in [-0.25, -0.2) is 13.6 Å². The molecule has 0 bridgehead atoms. The summed E-state index contributed by atoms with van der Waals surface area (Å²) in [6, 6.07) is 0. The lowest BCUT2D eigenvalue weighted by Crippen LogP contribution is -2.36. The molecule has 0 aliphatic carbocycles. The Bertz CT molecular complexity index is 379. The quantitative estimate of drug-likeness (QED) is 0.517. The molecule has 2 unspecified atom stereocenters. The average molecular weight is 266 g/mol. The number of nitrogens with two attached hydrogens (primary N) is 1. The van der Waals surface area contributed by atoms with Crippen molar-refractivity contribution in [1.82, 2.24) is 5.32 Å². The Morgan fingerprint density at radius 1 is 1.29 bits per heavy atom. The molecule has 7 nitrogen and oxygen atoms in total. The van der Waals surface area contributed by atoms with Crippen molar-refractivity contribution in [3.05, 3.63) is 0 Å². The van der Waals surface area contributed by atoms with Crippen LogP contribution in [0, 0.1) is 11.8 Å². The van der Waals surface area contributed by atoms with Crippen LogP contribution in [0.2, 0.25) is 0 Å². The van der Waals surface area contributed by atoms with E-state index in [-0.39, 0.29) is 18.7 Å². The van der Waals surface area contributed by atoms with E-state index in [4.69, 9.17) is 10.2 Å². The first-order chi connectivity index (χ1) is 7.65. The number of hydrogen-bond donors (Lipinski definition) is 3. The minimum Gasteiger partial charge on any atom is -0.481 e. The van der Waals surface area contributed by atoms with Gasteiger partial charge >= 0.3 is 5.97 Å². The Hall–Kier alpha value is -1.15. The lowest BCUT2D eigenvalue weighted by atomic mass is 9.95. The van der Waals surface area contributed by atoms with Gasteiger partial charge in [0.05, 0.1) is 11.7 Å². The van der Waals surface area contributed by atoms with Crippen LogP contribution in [0.4, 0.5) is 0 Å². The summed E-state index contributed by atoms with van der Waals surface area (Å²) in [4.78, 5) is 22.1. The summed E-state index contributed by atoms with van der Waals surface area (Å²) >= 11 is 0. The highest BCUT2D eigenvalue weighted by Crippen LogP contribution is 2.10. The van der Waals surface area contributed by atoms with Crippen molar-refractivity contribution >= 4 is 21.9 Å².